The minimum Gasteiger partial charge on any atom is -0.478 e. The van der Waals surface area contributed by atoms with Crippen LogP contribution in [0.25, 0.3) is 0 Å². The molecule has 0 atom stereocenters. The van der Waals surface area contributed by atoms with Crippen LogP contribution in [0.5, 0.6) is 0 Å². The molecular formula is C11H12BrNO2. The number of benzene rings is 1. The predicted octanol–water partition coefficient (Wildman–Crippen LogP) is 2.97. The van der Waals surface area contributed by atoms with Crippen molar-refractivity contribution in [2.75, 3.05) is 11.9 Å². The van der Waals surface area contributed by atoms with E-state index in [0.29, 0.717) is 5.56 Å². The lowest BCUT2D eigenvalue weighted by Crippen LogP contribution is -2.05. The summed E-state index contributed by atoms with van der Waals surface area (Å²) in [6, 6.07) is 5.16. The van der Waals surface area contributed by atoms with E-state index < -0.39 is 5.97 Å². The molecule has 2 N–H and O–H groups in total. The highest BCUT2D eigenvalue weighted by Gasteiger charge is 2.20. The van der Waals surface area contributed by atoms with E-state index in [9.17, 15) is 4.79 Å². The second-order valence-electron chi connectivity index (χ2n) is 3.86. The van der Waals surface area contributed by atoms with E-state index in [0.717, 1.165) is 22.6 Å². The van der Waals surface area contributed by atoms with Crippen molar-refractivity contribution in [3.8, 4) is 0 Å². The van der Waals surface area contributed by atoms with Crippen LogP contribution in [-0.2, 0) is 0 Å². The van der Waals surface area contributed by atoms with Crippen LogP contribution in [0.2, 0.25) is 0 Å². The Morgan fingerprint density at radius 1 is 1.47 bits per heavy atom. The second kappa shape index (κ2) is 4.23. The molecule has 1 aromatic carbocycles. The number of nitrogens with one attached hydrogen (secondary N) is 1. The highest BCUT2D eigenvalue weighted by atomic mass is 79.9. The van der Waals surface area contributed by atoms with Crippen molar-refractivity contribution in [2.45, 2.75) is 12.8 Å². The first-order valence-electron chi connectivity index (χ1n) is 4.93. The van der Waals surface area contributed by atoms with Gasteiger partial charge in [0.05, 0.1) is 5.56 Å². The van der Waals surface area contributed by atoms with E-state index in [1.807, 2.05) is 6.07 Å². The molecule has 0 unspecified atom stereocenters. The lowest BCUT2D eigenvalue weighted by molar-refractivity contribution is 0.0697. The number of rotatable bonds is 4. The molecule has 0 aliphatic heterocycles. The molecule has 0 radical (unpaired) electrons. The summed E-state index contributed by atoms with van der Waals surface area (Å²) in [5.41, 5.74) is 1.18. The molecule has 15 heavy (non-hydrogen) atoms. The first-order valence-corrected chi connectivity index (χ1v) is 5.72. The summed E-state index contributed by atoms with van der Waals surface area (Å²) in [5, 5.41) is 12.1. The minimum atomic E-state index is -0.897. The van der Waals surface area contributed by atoms with Gasteiger partial charge in [0.1, 0.15) is 0 Å². The molecule has 2 rings (SSSR count). The van der Waals surface area contributed by atoms with Gasteiger partial charge in [0.15, 0.2) is 0 Å². The Morgan fingerprint density at radius 3 is 2.80 bits per heavy atom. The SMILES string of the molecule is O=C(O)c1cc(Br)cc(NCC2CC2)c1. The molecule has 1 aliphatic carbocycles. The van der Waals surface area contributed by atoms with E-state index >= 15 is 0 Å². The maximum Gasteiger partial charge on any atom is 0.335 e. The number of hydrogen-bond acceptors (Lipinski definition) is 2. The van der Waals surface area contributed by atoms with Gasteiger partial charge in [-0.15, -0.1) is 0 Å². The van der Waals surface area contributed by atoms with Crippen molar-refractivity contribution in [2.24, 2.45) is 5.92 Å². The second-order valence-corrected chi connectivity index (χ2v) is 4.77. The Bertz CT molecular complexity index is 388. The first kappa shape index (κ1) is 10.5. The zero-order valence-electron chi connectivity index (χ0n) is 8.16. The van der Waals surface area contributed by atoms with Crippen LogP contribution in [0, 0.1) is 5.92 Å². The summed E-state index contributed by atoms with van der Waals surface area (Å²) in [5.74, 6) is -0.122. The van der Waals surface area contributed by atoms with Crippen LogP contribution in [0.3, 0.4) is 0 Å². The van der Waals surface area contributed by atoms with E-state index in [1.54, 1.807) is 12.1 Å². The van der Waals surface area contributed by atoms with Crippen molar-refractivity contribution >= 4 is 27.6 Å². The van der Waals surface area contributed by atoms with Gasteiger partial charge in [-0.25, -0.2) is 4.79 Å². The molecule has 1 aliphatic rings. The number of carbonyl (C=O) groups is 1. The van der Waals surface area contributed by atoms with Crippen LogP contribution in [0.4, 0.5) is 5.69 Å². The molecule has 4 heteroatoms. The predicted molar refractivity (Wildman–Crippen MR) is 62.3 cm³/mol. The van der Waals surface area contributed by atoms with E-state index in [-0.39, 0.29) is 0 Å². The fourth-order valence-electron chi connectivity index (χ4n) is 1.40. The van der Waals surface area contributed by atoms with Gasteiger partial charge in [0.25, 0.3) is 0 Å². The fraction of sp³-hybridized carbons (Fsp3) is 0.364. The number of halogens is 1. The van der Waals surface area contributed by atoms with Gasteiger partial charge >= 0.3 is 5.97 Å². The topological polar surface area (TPSA) is 49.3 Å². The van der Waals surface area contributed by atoms with Gasteiger partial charge in [0, 0.05) is 16.7 Å². The monoisotopic (exact) mass is 269 g/mol. The Balaban J connectivity index is 2.10. The van der Waals surface area contributed by atoms with Crippen molar-refractivity contribution in [3.05, 3.63) is 28.2 Å². The maximum absolute atomic E-state index is 10.8. The van der Waals surface area contributed by atoms with E-state index in [2.05, 4.69) is 21.2 Å². The summed E-state index contributed by atoms with van der Waals surface area (Å²) >= 11 is 3.30. The third-order valence-corrected chi connectivity index (χ3v) is 2.89. The molecule has 3 nitrogen and oxygen atoms in total. The van der Waals surface area contributed by atoms with Gasteiger partial charge in [-0.1, -0.05) is 15.9 Å². The van der Waals surface area contributed by atoms with E-state index in [4.69, 9.17) is 5.11 Å². The first-order chi connectivity index (χ1) is 7.15. The molecule has 0 saturated heterocycles. The smallest absolute Gasteiger partial charge is 0.335 e. The molecule has 0 bridgehead atoms. The average Bonchev–Trinajstić information content (AvgIpc) is 2.97. The van der Waals surface area contributed by atoms with Crippen molar-refractivity contribution in [1.82, 2.24) is 0 Å². The number of anilines is 1. The van der Waals surface area contributed by atoms with Crippen molar-refractivity contribution in [3.63, 3.8) is 0 Å². The van der Waals surface area contributed by atoms with Crippen LogP contribution >= 0.6 is 15.9 Å². The maximum atomic E-state index is 10.8. The molecule has 1 fully saturated rings. The summed E-state index contributed by atoms with van der Waals surface area (Å²) in [6.07, 6.45) is 2.57. The average molecular weight is 270 g/mol. The summed E-state index contributed by atoms with van der Waals surface area (Å²) < 4.78 is 0.792. The van der Waals surface area contributed by atoms with Crippen LogP contribution in [-0.4, -0.2) is 17.6 Å². The van der Waals surface area contributed by atoms with Crippen molar-refractivity contribution < 1.29 is 9.90 Å². The molecular weight excluding hydrogens is 258 g/mol. The quantitative estimate of drug-likeness (QED) is 0.884. The van der Waals surface area contributed by atoms with Crippen LogP contribution in [0.1, 0.15) is 23.2 Å². The Hall–Kier alpha value is -1.03. The lowest BCUT2D eigenvalue weighted by Gasteiger charge is -2.07. The molecule has 1 aromatic rings. The third kappa shape index (κ3) is 2.96. The van der Waals surface area contributed by atoms with Gasteiger partial charge in [-0.05, 0) is 37.0 Å². The standard InChI is InChI=1S/C11H12BrNO2/c12-9-3-8(11(14)15)4-10(5-9)13-6-7-1-2-7/h3-5,7,13H,1-2,6H2,(H,14,15). The summed E-state index contributed by atoms with van der Waals surface area (Å²) in [6.45, 7) is 0.940. The molecule has 1 saturated carbocycles. The highest BCUT2D eigenvalue weighted by molar-refractivity contribution is 9.10. The van der Waals surface area contributed by atoms with Gasteiger partial charge < -0.3 is 10.4 Å². The Labute approximate surface area is 96.6 Å². The Kier molecular flexibility index (Phi) is 2.95. The summed E-state index contributed by atoms with van der Waals surface area (Å²) in [7, 11) is 0. The number of aromatic carboxylic acids is 1. The number of carboxylic acid groups (broad SMARTS) is 1. The van der Waals surface area contributed by atoms with Crippen molar-refractivity contribution in [1.29, 1.82) is 0 Å². The van der Waals surface area contributed by atoms with Crippen LogP contribution in [0.15, 0.2) is 22.7 Å². The normalized spacial score (nSPS) is 15.0. The number of carboxylic acids is 1. The number of hydrogen-bond donors (Lipinski definition) is 2. The van der Waals surface area contributed by atoms with Gasteiger partial charge in [-0.2, -0.15) is 0 Å². The Morgan fingerprint density at radius 2 is 2.20 bits per heavy atom. The molecule has 0 aromatic heterocycles. The zero-order chi connectivity index (χ0) is 10.8. The fourth-order valence-corrected chi connectivity index (χ4v) is 1.89. The minimum absolute atomic E-state index is 0.308. The molecule has 0 heterocycles. The van der Waals surface area contributed by atoms with E-state index in [1.165, 1.54) is 12.8 Å². The zero-order valence-corrected chi connectivity index (χ0v) is 9.75. The lowest BCUT2D eigenvalue weighted by atomic mass is 10.2. The third-order valence-electron chi connectivity index (χ3n) is 2.44. The molecule has 0 amide bonds. The summed E-state index contributed by atoms with van der Waals surface area (Å²) in [4.78, 5) is 10.8. The van der Waals surface area contributed by atoms with Crippen LogP contribution < -0.4 is 5.32 Å². The highest BCUT2D eigenvalue weighted by Crippen LogP contribution is 2.29. The molecule has 80 valence electrons. The van der Waals surface area contributed by atoms with Gasteiger partial charge in [-0.3, -0.25) is 0 Å². The van der Waals surface area contributed by atoms with Gasteiger partial charge in [0.2, 0.25) is 0 Å². The molecule has 0 spiro atoms. The largest absolute Gasteiger partial charge is 0.478 e.